The zero-order valence-corrected chi connectivity index (χ0v) is 13.5. The zero-order valence-electron chi connectivity index (χ0n) is 13.5. The van der Waals surface area contributed by atoms with Gasteiger partial charge in [-0.1, -0.05) is 57.6 Å². The average molecular weight is 280 g/mol. The van der Waals surface area contributed by atoms with Crippen LogP contribution in [0.4, 0.5) is 0 Å². The maximum absolute atomic E-state index is 11.5. The molecule has 2 heteroatoms. The SMILES string of the molecule is CCCCC[C@@H]1CC=C(CCC(=O)OCCCC)CC1. The van der Waals surface area contributed by atoms with Gasteiger partial charge in [0, 0.05) is 6.42 Å². The molecule has 0 aromatic rings. The Labute approximate surface area is 125 Å². The minimum Gasteiger partial charge on any atom is -0.466 e. The van der Waals surface area contributed by atoms with Gasteiger partial charge < -0.3 is 4.74 Å². The molecule has 0 N–H and O–H groups in total. The molecular weight excluding hydrogens is 248 g/mol. The Bertz CT molecular complexity index is 294. The van der Waals surface area contributed by atoms with Crippen LogP contribution in [0.15, 0.2) is 11.6 Å². The molecule has 0 aliphatic heterocycles. The lowest BCUT2D eigenvalue weighted by Crippen LogP contribution is -2.09. The average Bonchev–Trinajstić information content (AvgIpc) is 2.47. The molecule has 0 spiro atoms. The Morgan fingerprint density at radius 2 is 2.05 bits per heavy atom. The highest BCUT2D eigenvalue weighted by Gasteiger charge is 2.15. The Hall–Kier alpha value is -0.790. The molecule has 20 heavy (non-hydrogen) atoms. The summed E-state index contributed by atoms with van der Waals surface area (Å²) in [6, 6.07) is 0. The van der Waals surface area contributed by atoms with Gasteiger partial charge in [0.05, 0.1) is 6.61 Å². The number of hydrogen-bond acceptors (Lipinski definition) is 2. The summed E-state index contributed by atoms with van der Waals surface area (Å²) in [7, 11) is 0. The topological polar surface area (TPSA) is 26.3 Å². The summed E-state index contributed by atoms with van der Waals surface area (Å²) in [4.78, 5) is 11.5. The number of unbranched alkanes of at least 4 members (excludes halogenated alkanes) is 3. The maximum atomic E-state index is 11.5. The number of esters is 1. The van der Waals surface area contributed by atoms with E-state index in [9.17, 15) is 4.79 Å². The van der Waals surface area contributed by atoms with Crippen LogP contribution < -0.4 is 0 Å². The lowest BCUT2D eigenvalue weighted by atomic mass is 9.85. The van der Waals surface area contributed by atoms with Gasteiger partial charge in [-0.2, -0.15) is 0 Å². The van der Waals surface area contributed by atoms with Crippen LogP contribution in [0.25, 0.3) is 0 Å². The van der Waals surface area contributed by atoms with Crippen molar-refractivity contribution in [2.75, 3.05) is 6.61 Å². The van der Waals surface area contributed by atoms with E-state index in [1.165, 1.54) is 50.5 Å². The van der Waals surface area contributed by atoms with Crippen LogP contribution in [-0.4, -0.2) is 12.6 Å². The molecule has 0 saturated heterocycles. The van der Waals surface area contributed by atoms with Gasteiger partial charge >= 0.3 is 5.97 Å². The molecule has 0 fully saturated rings. The van der Waals surface area contributed by atoms with Gasteiger partial charge in [-0.3, -0.25) is 4.79 Å². The highest BCUT2D eigenvalue weighted by molar-refractivity contribution is 5.69. The smallest absolute Gasteiger partial charge is 0.306 e. The van der Waals surface area contributed by atoms with Gasteiger partial charge in [0.2, 0.25) is 0 Å². The first-order valence-electron chi connectivity index (χ1n) is 8.59. The summed E-state index contributed by atoms with van der Waals surface area (Å²) in [6.07, 6.45) is 15.1. The highest BCUT2D eigenvalue weighted by Crippen LogP contribution is 2.29. The molecule has 1 atom stereocenters. The second kappa shape index (κ2) is 10.9. The summed E-state index contributed by atoms with van der Waals surface area (Å²) in [5.41, 5.74) is 1.48. The van der Waals surface area contributed by atoms with Crippen LogP contribution in [0.2, 0.25) is 0 Å². The van der Waals surface area contributed by atoms with Crippen LogP contribution in [0.5, 0.6) is 0 Å². The minimum atomic E-state index is -0.0237. The molecule has 0 bridgehead atoms. The van der Waals surface area contributed by atoms with E-state index in [1.807, 2.05) is 0 Å². The molecule has 0 aromatic heterocycles. The maximum Gasteiger partial charge on any atom is 0.306 e. The standard InChI is InChI=1S/C18H32O2/c1-3-5-7-8-16-9-11-17(12-10-16)13-14-18(19)20-15-6-4-2/h11,16H,3-10,12-15H2,1-2H3/t16-/m1/s1. The van der Waals surface area contributed by atoms with Gasteiger partial charge in [-0.25, -0.2) is 0 Å². The number of carbonyl (C=O) groups is 1. The van der Waals surface area contributed by atoms with Gasteiger partial charge in [-0.15, -0.1) is 0 Å². The summed E-state index contributed by atoms with van der Waals surface area (Å²) < 4.78 is 5.19. The summed E-state index contributed by atoms with van der Waals surface area (Å²) >= 11 is 0. The van der Waals surface area contributed by atoms with Crippen molar-refractivity contribution in [3.8, 4) is 0 Å². The predicted molar refractivity (Wildman–Crippen MR) is 84.7 cm³/mol. The van der Waals surface area contributed by atoms with Crippen molar-refractivity contribution in [1.29, 1.82) is 0 Å². The van der Waals surface area contributed by atoms with Gasteiger partial charge in [-0.05, 0) is 38.0 Å². The highest BCUT2D eigenvalue weighted by atomic mass is 16.5. The van der Waals surface area contributed by atoms with Crippen molar-refractivity contribution in [1.82, 2.24) is 0 Å². The van der Waals surface area contributed by atoms with Crippen LogP contribution in [0, 0.1) is 5.92 Å². The van der Waals surface area contributed by atoms with Gasteiger partial charge in [0.25, 0.3) is 0 Å². The zero-order chi connectivity index (χ0) is 14.6. The molecule has 116 valence electrons. The van der Waals surface area contributed by atoms with Gasteiger partial charge in [0.15, 0.2) is 0 Å². The van der Waals surface area contributed by atoms with E-state index in [2.05, 4.69) is 19.9 Å². The van der Waals surface area contributed by atoms with E-state index < -0.39 is 0 Å². The normalized spacial score (nSPS) is 18.7. The Morgan fingerprint density at radius 3 is 2.70 bits per heavy atom. The van der Waals surface area contributed by atoms with Crippen molar-refractivity contribution in [3.05, 3.63) is 11.6 Å². The van der Waals surface area contributed by atoms with Crippen molar-refractivity contribution in [2.24, 2.45) is 5.92 Å². The second-order valence-electron chi connectivity index (χ2n) is 6.07. The lowest BCUT2D eigenvalue weighted by molar-refractivity contribution is -0.143. The van der Waals surface area contributed by atoms with E-state index in [0.29, 0.717) is 13.0 Å². The van der Waals surface area contributed by atoms with Crippen molar-refractivity contribution in [3.63, 3.8) is 0 Å². The number of allylic oxidation sites excluding steroid dienone is 2. The van der Waals surface area contributed by atoms with Crippen molar-refractivity contribution in [2.45, 2.75) is 84.5 Å². The number of rotatable bonds is 10. The third-order valence-corrected chi connectivity index (χ3v) is 4.24. The third kappa shape index (κ3) is 7.72. The van der Waals surface area contributed by atoms with E-state index in [1.54, 1.807) is 0 Å². The first-order chi connectivity index (χ1) is 9.76. The van der Waals surface area contributed by atoms with Crippen molar-refractivity contribution >= 4 is 5.97 Å². The van der Waals surface area contributed by atoms with E-state index >= 15 is 0 Å². The monoisotopic (exact) mass is 280 g/mol. The number of hydrogen-bond donors (Lipinski definition) is 0. The fourth-order valence-corrected chi connectivity index (χ4v) is 2.78. The first kappa shape index (κ1) is 17.3. The summed E-state index contributed by atoms with van der Waals surface area (Å²) in [5.74, 6) is 0.867. The quantitative estimate of drug-likeness (QED) is 0.303. The number of ether oxygens (including phenoxy) is 1. The minimum absolute atomic E-state index is 0.0237. The molecule has 0 aromatic carbocycles. The van der Waals surface area contributed by atoms with E-state index in [4.69, 9.17) is 4.74 Å². The molecule has 0 radical (unpaired) electrons. The molecule has 2 nitrogen and oxygen atoms in total. The largest absolute Gasteiger partial charge is 0.466 e. The molecule has 1 aliphatic carbocycles. The van der Waals surface area contributed by atoms with Crippen LogP contribution >= 0.6 is 0 Å². The number of carbonyl (C=O) groups excluding carboxylic acids is 1. The third-order valence-electron chi connectivity index (χ3n) is 4.24. The molecule has 1 aliphatic rings. The molecule has 0 saturated carbocycles. The second-order valence-corrected chi connectivity index (χ2v) is 6.07. The van der Waals surface area contributed by atoms with Crippen LogP contribution in [0.1, 0.15) is 84.5 Å². The van der Waals surface area contributed by atoms with E-state index in [-0.39, 0.29) is 5.97 Å². The fraction of sp³-hybridized carbons (Fsp3) is 0.833. The van der Waals surface area contributed by atoms with Crippen molar-refractivity contribution < 1.29 is 9.53 Å². The van der Waals surface area contributed by atoms with Crippen LogP contribution in [0.3, 0.4) is 0 Å². The molecular formula is C18H32O2. The fourth-order valence-electron chi connectivity index (χ4n) is 2.78. The van der Waals surface area contributed by atoms with E-state index in [0.717, 1.165) is 25.2 Å². The Balaban J connectivity index is 2.12. The first-order valence-corrected chi connectivity index (χ1v) is 8.59. The summed E-state index contributed by atoms with van der Waals surface area (Å²) in [5, 5.41) is 0. The predicted octanol–water partition coefficient (Wildman–Crippen LogP) is 5.42. The van der Waals surface area contributed by atoms with Gasteiger partial charge in [0.1, 0.15) is 0 Å². The lowest BCUT2D eigenvalue weighted by Gasteiger charge is -2.21. The molecule has 0 amide bonds. The molecule has 1 rings (SSSR count). The summed E-state index contributed by atoms with van der Waals surface area (Å²) in [6.45, 7) is 4.96. The Kier molecular flexibility index (Phi) is 9.44. The Morgan fingerprint density at radius 1 is 1.25 bits per heavy atom. The van der Waals surface area contributed by atoms with Crippen LogP contribution in [-0.2, 0) is 9.53 Å². The molecule has 0 unspecified atom stereocenters. The molecule has 0 heterocycles.